The van der Waals surface area contributed by atoms with Gasteiger partial charge in [0.2, 0.25) is 10.0 Å². The van der Waals surface area contributed by atoms with E-state index in [1.807, 2.05) is 6.92 Å². The number of hydrogen-bond acceptors (Lipinski definition) is 3. The van der Waals surface area contributed by atoms with Gasteiger partial charge in [-0.15, -0.1) is 0 Å². The van der Waals surface area contributed by atoms with E-state index in [0.717, 1.165) is 19.3 Å². The SMILES string of the molecule is CC(N)CCS(=O)(=O)N1CCCCC1. The molecule has 0 spiro atoms. The van der Waals surface area contributed by atoms with Gasteiger partial charge >= 0.3 is 0 Å². The number of nitrogens with two attached hydrogens (primary N) is 1. The Labute approximate surface area is 86.5 Å². The molecular formula is C9H20N2O2S. The zero-order valence-electron chi connectivity index (χ0n) is 8.78. The highest BCUT2D eigenvalue weighted by atomic mass is 32.2. The molecule has 1 heterocycles. The highest BCUT2D eigenvalue weighted by Crippen LogP contribution is 2.14. The third-order valence-corrected chi connectivity index (χ3v) is 4.44. The fraction of sp³-hybridized carbons (Fsp3) is 1.00. The minimum atomic E-state index is -3.03. The van der Waals surface area contributed by atoms with E-state index in [1.54, 1.807) is 4.31 Å². The molecule has 1 rings (SSSR count). The van der Waals surface area contributed by atoms with Crippen LogP contribution < -0.4 is 5.73 Å². The van der Waals surface area contributed by atoms with Gasteiger partial charge in [0.15, 0.2) is 0 Å². The standard InChI is InChI=1S/C9H20N2O2S/c1-9(10)5-8-14(12,13)11-6-3-2-4-7-11/h9H,2-8,10H2,1H3. The predicted octanol–water partition coefficient (Wildman–Crippen LogP) is 0.539. The lowest BCUT2D eigenvalue weighted by Crippen LogP contribution is -2.38. The molecule has 0 aliphatic carbocycles. The van der Waals surface area contributed by atoms with Crippen molar-refractivity contribution >= 4 is 10.0 Å². The summed E-state index contributed by atoms with van der Waals surface area (Å²) < 4.78 is 25.1. The number of rotatable bonds is 4. The average molecular weight is 220 g/mol. The highest BCUT2D eigenvalue weighted by molar-refractivity contribution is 7.89. The lowest BCUT2D eigenvalue weighted by Gasteiger charge is -2.26. The average Bonchev–Trinajstić information content (AvgIpc) is 2.16. The van der Waals surface area contributed by atoms with E-state index < -0.39 is 10.0 Å². The molecule has 0 radical (unpaired) electrons. The lowest BCUT2D eigenvalue weighted by molar-refractivity contribution is 0.346. The third kappa shape index (κ3) is 3.55. The van der Waals surface area contributed by atoms with E-state index in [4.69, 9.17) is 5.73 Å². The number of hydrogen-bond donors (Lipinski definition) is 1. The van der Waals surface area contributed by atoms with E-state index in [0.29, 0.717) is 19.5 Å². The van der Waals surface area contributed by atoms with Crippen molar-refractivity contribution in [3.63, 3.8) is 0 Å². The monoisotopic (exact) mass is 220 g/mol. The molecule has 0 aromatic carbocycles. The molecule has 0 bridgehead atoms. The van der Waals surface area contributed by atoms with Crippen molar-refractivity contribution in [1.29, 1.82) is 0 Å². The first-order valence-electron chi connectivity index (χ1n) is 5.26. The summed E-state index contributed by atoms with van der Waals surface area (Å²) in [6.07, 6.45) is 3.70. The minimum Gasteiger partial charge on any atom is -0.328 e. The molecule has 2 N–H and O–H groups in total. The molecule has 0 saturated carbocycles. The second-order valence-electron chi connectivity index (χ2n) is 4.04. The van der Waals surface area contributed by atoms with Crippen molar-refractivity contribution in [2.75, 3.05) is 18.8 Å². The first kappa shape index (κ1) is 11.9. The van der Waals surface area contributed by atoms with Crippen LogP contribution in [-0.2, 0) is 10.0 Å². The van der Waals surface area contributed by atoms with Crippen LogP contribution >= 0.6 is 0 Å². The van der Waals surface area contributed by atoms with Crippen LogP contribution in [0, 0.1) is 0 Å². The summed E-state index contributed by atoms with van der Waals surface area (Å²) in [5.74, 6) is 0.199. The van der Waals surface area contributed by atoms with Crippen LogP contribution in [0.1, 0.15) is 32.6 Å². The summed E-state index contributed by atoms with van der Waals surface area (Å²) >= 11 is 0. The number of sulfonamides is 1. The molecule has 5 heteroatoms. The topological polar surface area (TPSA) is 63.4 Å². The summed E-state index contributed by atoms with van der Waals surface area (Å²) in [5.41, 5.74) is 5.55. The van der Waals surface area contributed by atoms with Crippen LogP contribution in [0.15, 0.2) is 0 Å². The predicted molar refractivity (Wildman–Crippen MR) is 57.5 cm³/mol. The first-order valence-corrected chi connectivity index (χ1v) is 6.87. The Kier molecular flexibility index (Phi) is 4.34. The molecule has 1 unspecified atom stereocenters. The Morgan fingerprint density at radius 3 is 2.36 bits per heavy atom. The maximum Gasteiger partial charge on any atom is 0.214 e. The summed E-state index contributed by atoms with van der Waals surface area (Å²) in [4.78, 5) is 0. The fourth-order valence-corrected chi connectivity index (χ4v) is 3.35. The van der Waals surface area contributed by atoms with Crippen LogP contribution in [0.3, 0.4) is 0 Å². The van der Waals surface area contributed by atoms with Gasteiger partial charge in [0, 0.05) is 19.1 Å². The Morgan fingerprint density at radius 1 is 1.29 bits per heavy atom. The van der Waals surface area contributed by atoms with Gasteiger partial charge in [0.05, 0.1) is 5.75 Å². The summed E-state index contributed by atoms with van der Waals surface area (Å²) in [6.45, 7) is 3.23. The van der Waals surface area contributed by atoms with Crippen molar-refractivity contribution < 1.29 is 8.42 Å². The Bertz CT molecular complexity index is 256. The second kappa shape index (κ2) is 5.09. The molecule has 1 atom stereocenters. The molecule has 1 aliphatic heterocycles. The second-order valence-corrected chi connectivity index (χ2v) is 6.13. The minimum absolute atomic E-state index is 0.0328. The van der Waals surface area contributed by atoms with Gasteiger partial charge in [-0.2, -0.15) is 0 Å². The van der Waals surface area contributed by atoms with Crippen LogP contribution in [0.5, 0.6) is 0 Å². The van der Waals surface area contributed by atoms with Gasteiger partial charge in [-0.3, -0.25) is 0 Å². The fourth-order valence-electron chi connectivity index (χ4n) is 1.61. The molecule has 0 aromatic rings. The molecule has 14 heavy (non-hydrogen) atoms. The molecule has 0 aromatic heterocycles. The molecular weight excluding hydrogens is 200 g/mol. The lowest BCUT2D eigenvalue weighted by atomic mass is 10.2. The van der Waals surface area contributed by atoms with Crippen molar-refractivity contribution in [3.05, 3.63) is 0 Å². The van der Waals surface area contributed by atoms with Gasteiger partial charge < -0.3 is 5.73 Å². The quantitative estimate of drug-likeness (QED) is 0.752. The van der Waals surface area contributed by atoms with Crippen molar-refractivity contribution in [3.8, 4) is 0 Å². The first-order chi connectivity index (χ1) is 6.52. The summed E-state index contributed by atoms with van der Waals surface area (Å²) in [5, 5.41) is 0. The van der Waals surface area contributed by atoms with Crippen molar-refractivity contribution in [1.82, 2.24) is 4.31 Å². The molecule has 4 nitrogen and oxygen atoms in total. The van der Waals surface area contributed by atoms with E-state index in [2.05, 4.69) is 0 Å². The zero-order valence-corrected chi connectivity index (χ0v) is 9.59. The van der Waals surface area contributed by atoms with Crippen LogP contribution in [0.2, 0.25) is 0 Å². The van der Waals surface area contributed by atoms with Gasteiger partial charge in [0.25, 0.3) is 0 Å². The smallest absolute Gasteiger partial charge is 0.214 e. The highest BCUT2D eigenvalue weighted by Gasteiger charge is 2.23. The molecule has 0 amide bonds. The van der Waals surface area contributed by atoms with Crippen LogP contribution in [0.4, 0.5) is 0 Å². The van der Waals surface area contributed by atoms with Crippen molar-refractivity contribution in [2.45, 2.75) is 38.6 Å². The maximum absolute atomic E-state index is 11.8. The Hall–Kier alpha value is -0.130. The molecule has 1 aliphatic rings. The summed E-state index contributed by atoms with van der Waals surface area (Å²) in [7, 11) is -3.03. The largest absolute Gasteiger partial charge is 0.328 e. The Balaban J connectivity index is 2.46. The van der Waals surface area contributed by atoms with E-state index in [1.165, 1.54) is 0 Å². The van der Waals surface area contributed by atoms with Gasteiger partial charge in [-0.05, 0) is 26.2 Å². The van der Waals surface area contributed by atoms with Crippen molar-refractivity contribution in [2.24, 2.45) is 5.73 Å². The van der Waals surface area contributed by atoms with Crippen LogP contribution in [0.25, 0.3) is 0 Å². The van der Waals surface area contributed by atoms with E-state index in [-0.39, 0.29) is 11.8 Å². The molecule has 1 fully saturated rings. The zero-order chi connectivity index (χ0) is 10.6. The normalized spacial score (nSPS) is 22.1. The van der Waals surface area contributed by atoms with E-state index >= 15 is 0 Å². The number of piperidine rings is 1. The maximum atomic E-state index is 11.8. The summed E-state index contributed by atoms with van der Waals surface area (Å²) in [6, 6.07) is -0.0328. The van der Waals surface area contributed by atoms with Crippen LogP contribution in [-0.4, -0.2) is 37.6 Å². The van der Waals surface area contributed by atoms with E-state index in [9.17, 15) is 8.42 Å². The third-order valence-electron chi connectivity index (χ3n) is 2.54. The molecule has 84 valence electrons. The number of nitrogens with zero attached hydrogens (tertiary/aromatic N) is 1. The van der Waals surface area contributed by atoms with Gasteiger partial charge in [-0.25, -0.2) is 12.7 Å². The van der Waals surface area contributed by atoms with Gasteiger partial charge in [-0.1, -0.05) is 6.42 Å². The Morgan fingerprint density at radius 2 is 1.86 bits per heavy atom. The molecule has 1 saturated heterocycles. The van der Waals surface area contributed by atoms with Gasteiger partial charge in [0.1, 0.15) is 0 Å².